The van der Waals surface area contributed by atoms with Crippen molar-refractivity contribution in [2.45, 2.75) is 54.3 Å². The first-order chi connectivity index (χ1) is 9.49. The summed E-state index contributed by atoms with van der Waals surface area (Å²) in [7, 11) is 0. The zero-order chi connectivity index (χ0) is 15.0. The number of unbranched alkanes of at least 4 members (excludes halogenated alkanes) is 1. The monoisotopic (exact) mass is 376 g/mol. The molecule has 0 saturated heterocycles. The van der Waals surface area contributed by atoms with Gasteiger partial charge in [0.05, 0.1) is 0 Å². The fraction of sp³-hybridized carbons (Fsp3) is 0.474. The molecule has 0 bridgehead atoms. The normalized spacial score (nSPS) is 12.4. The zero-order valence-electron chi connectivity index (χ0n) is 13.7. The van der Waals surface area contributed by atoms with Crippen LogP contribution in [0.4, 0.5) is 0 Å². The average molecular weight is 375 g/mol. The van der Waals surface area contributed by atoms with Crippen molar-refractivity contribution < 1.29 is 0 Å². The van der Waals surface area contributed by atoms with E-state index in [0.717, 1.165) is 12.0 Å². The van der Waals surface area contributed by atoms with Crippen LogP contribution >= 0.6 is 0 Å². The average Bonchev–Trinajstić information content (AvgIpc) is 2.42. The maximum atomic E-state index is 3.48. The van der Waals surface area contributed by atoms with Crippen LogP contribution in [0.3, 0.4) is 0 Å². The molecule has 108 valence electrons. The Bertz CT molecular complexity index is 492. The van der Waals surface area contributed by atoms with Crippen molar-refractivity contribution in [3.05, 3.63) is 45.1 Å². The van der Waals surface area contributed by atoms with Crippen molar-refractivity contribution in [1.29, 1.82) is 0 Å². The van der Waals surface area contributed by atoms with Crippen LogP contribution in [-0.2, 0) is 0 Å². The second kappa shape index (κ2) is 8.57. The Morgan fingerprint density at radius 2 is 1.70 bits per heavy atom. The van der Waals surface area contributed by atoms with Crippen LogP contribution in [0.15, 0.2) is 39.5 Å². The number of rotatable bonds is 5. The summed E-state index contributed by atoms with van der Waals surface area (Å²) >= 11 is -2.03. The Labute approximate surface area is 129 Å². The van der Waals surface area contributed by atoms with E-state index in [-0.39, 0.29) is 0 Å². The van der Waals surface area contributed by atoms with Crippen LogP contribution in [-0.4, -0.2) is 18.4 Å². The summed E-state index contributed by atoms with van der Waals surface area (Å²) in [4.78, 5) is 7.54. The summed E-state index contributed by atoms with van der Waals surface area (Å²) in [5.41, 5.74) is 2.54. The molecule has 0 amide bonds. The first-order valence-electron chi connectivity index (χ1n) is 7.78. The van der Waals surface area contributed by atoms with E-state index in [1.165, 1.54) is 24.8 Å². The van der Waals surface area contributed by atoms with E-state index in [0.29, 0.717) is 0 Å². The first-order valence-corrected chi connectivity index (χ1v) is 17.8. The number of hydrogen-bond donors (Lipinski definition) is 0. The standard InChI is InChI=1S/C16H19.3CH3.Sn/c1-3-5-7-10-15(4-2)13-14-16-11-8-6-9-12-16;;;;/h6,8-9,11-12H,3-5,7H2,1-2H3;3*1H3;. The van der Waals surface area contributed by atoms with Gasteiger partial charge in [-0.3, -0.25) is 0 Å². The molecule has 0 saturated carbocycles. The van der Waals surface area contributed by atoms with Gasteiger partial charge in [-0.15, -0.1) is 0 Å². The van der Waals surface area contributed by atoms with Gasteiger partial charge < -0.3 is 0 Å². The van der Waals surface area contributed by atoms with Crippen molar-refractivity contribution >= 4 is 18.4 Å². The molecule has 0 fully saturated rings. The Morgan fingerprint density at radius 3 is 2.20 bits per heavy atom. The fourth-order valence-electron chi connectivity index (χ4n) is 2.38. The molecular formula is C19H28Sn. The van der Waals surface area contributed by atoms with Crippen LogP contribution in [0.2, 0.25) is 14.8 Å². The van der Waals surface area contributed by atoms with E-state index in [4.69, 9.17) is 0 Å². The van der Waals surface area contributed by atoms with Gasteiger partial charge in [0.25, 0.3) is 0 Å². The van der Waals surface area contributed by atoms with E-state index in [1.54, 1.807) is 3.59 Å². The van der Waals surface area contributed by atoms with Crippen LogP contribution in [0.1, 0.15) is 45.1 Å². The third-order valence-electron chi connectivity index (χ3n) is 3.54. The van der Waals surface area contributed by atoms with Gasteiger partial charge in [-0.1, -0.05) is 0 Å². The molecule has 1 aromatic rings. The molecular weight excluding hydrogens is 347 g/mol. The van der Waals surface area contributed by atoms with Crippen molar-refractivity contribution in [1.82, 2.24) is 0 Å². The van der Waals surface area contributed by atoms with Gasteiger partial charge in [-0.25, -0.2) is 0 Å². The van der Waals surface area contributed by atoms with E-state index < -0.39 is 18.4 Å². The molecule has 0 aromatic heterocycles. The second-order valence-electron chi connectivity index (χ2n) is 6.28. The summed E-state index contributed by atoms with van der Waals surface area (Å²) in [5.74, 6) is 6.83. The third kappa shape index (κ3) is 5.75. The van der Waals surface area contributed by atoms with Gasteiger partial charge in [-0.05, 0) is 0 Å². The first kappa shape index (κ1) is 17.4. The number of benzene rings is 1. The summed E-state index contributed by atoms with van der Waals surface area (Å²) in [5, 5.41) is 0. The quantitative estimate of drug-likeness (QED) is 0.450. The van der Waals surface area contributed by atoms with E-state index in [1.807, 2.05) is 6.07 Å². The van der Waals surface area contributed by atoms with Crippen LogP contribution in [0, 0.1) is 11.8 Å². The van der Waals surface area contributed by atoms with Crippen molar-refractivity contribution in [2.24, 2.45) is 0 Å². The van der Waals surface area contributed by atoms with Gasteiger partial charge in [0.15, 0.2) is 0 Å². The molecule has 0 nitrogen and oxygen atoms in total. The van der Waals surface area contributed by atoms with E-state index in [2.05, 4.69) is 64.8 Å². The number of hydrogen-bond acceptors (Lipinski definition) is 0. The Balaban J connectivity index is 3.11. The molecule has 0 radical (unpaired) electrons. The summed E-state index contributed by atoms with van der Waals surface area (Å²) < 4.78 is 1.74. The van der Waals surface area contributed by atoms with Gasteiger partial charge in [0.2, 0.25) is 0 Å². The Kier molecular flexibility index (Phi) is 7.44. The van der Waals surface area contributed by atoms with Crippen molar-refractivity contribution in [3.63, 3.8) is 0 Å². The second-order valence-corrected chi connectivity index (χ2v) is 20.8. The molecule has 0 aliphatic carbocycles. The van der Waals surface area contributed by atoms with Gasteiger partial charge in [0, 0.05) is 0 Å². The fourth-order valence-corrected chi connectivity index (χ4v) is 8.29. The molecule has 0 N–H and O–H groups in total. The van der Waals surface area contributed by atoms with Crippen molar-refractivity contribution in [3.8, 4) is 11.8 Å². The van der Waals surface area contributed by atoms with Crippen LogP contribution in [0.5, 0.6) is 0 Å². The molecule has 0 heterocycles. The maximum absolute atomic E-state index is 3.48. The Morgan fingerprint density at radius 1 is 1.05 bits per heavy atom. The minimum absolute atomic E-state index is 1.08. The number of allylic oxidation sites excluding steroid dienone is 2. The summed E-state index contributed by atoms with van der Waals surface area (Å²) in [6.45, 7) is 4.52. The molecule has 0 aliphatic heterocycles. The van der Waals surface area contributed by atoms with E-state index in [9.17, 15) is 0 Å². The molecule has 1 aromatic carbocycles. The van der Waals surface area contributed by atoms with Crippen molar-refractivity contribution in [2.75, 3.05) is 0 Å². The molecule has 20 heavy (non-hydrogen) atoms. The molecule has 0 atom stereocenters. The molecule has 0 aliphatic rings. The van der Waals surface area contributed by atoms with Crippen LogP contribution in [0.25, 0.3) is 0 Å². The molecule has 0 unspecified atom stereocenters. The predicted octanol–water partition coefficient (Wildman–Crippen LogP) is 5.81. The zero-order valence-corrected chi connectivity index (χ0v) is 16.6. The van der Waals surface area contributed by atoms with Gasteiger partial charge in [0.1, 0.15) is 0 Å². The molecule has 0 spiro atoms. The summed E-state index contributed by atoms with van der Waals surface area (Å²) in [6, 6.07) is 10.3. The SMILES string of the molecule is CCCC/[C](=C(/C#Cc1ccccc1)CC)[Sn]([CH3])([CH3])[CH3]. The van der Waals surface area contributed by atoms with Gasteiger partial charge in [-0.2, -0.15) is 0 Å². The third-order valence-corrected chi connectivity index (χ3v) is 10.3. The molecule has 1 heteroatoms. The Hall–Kier alpha value is -0.681. The molecule has 1 rings (SSSR count). The van der Waals surface area contributed by atoms with Gasteiger partial charge >= 0.3 is 130 Å². The predicted molar refractivity (Wildman–Crippen MR) is 93.5 cm³/mol. The van der Waals surface area contributed by atoms with E-state index >= 15 is 0 Å². The van der Waals surface area contributed by atoms with Crippen LogP contribution < -0.4 is 0 Å². The summed E-state index contributed by atoms with van der Waals surface area (Å²) in [6.07, 6.45) is 4.92. The topological polar surface area (TPSA) is 0 Å². The minimum atomic E-state index is -2.03.